The highest BCUT2D eigenvalue weighted by atomic mass is 16.6. The third-order valence-electron chi connectivity index (χ3n) is 1.51. The molecule has 0 saturated carbocycles. The van der Waals surface area contributed by atoms with Crippen LogP contribution in [0.2, 0.25) is 0 Å². The van der Waals surface area contributed by atoms with Gasteiger partial charge in [0, 0.05) is 6.54 Å². The first kappa shape index (κ1) is 13.7. The molecule has 6 nitrogen and oxygen atoms in total. The van der Waals surface area contributed by atoms with Gasteiger partial charge in [-0.15, -0.1) is 0 Å². The Kier molecular flexibility index (Phi) is 5.07. The molecule has 0 bridgehead atoms. The minimum Gasteiger partial charge on any atom is -0.444 e. The van der Waals surface area contributed by atoms with Crippen LogP contribution < -0.4 is 10.8 Å². The lowest BCUT2D eigenvalue weighted by Gasteiger charge is -2.20. The van der Waals surface area contributed by atoms with Gasteiger partial charge in [-0.3, -0.25) is 10.0 Å². The SMILES string of the molecule is CC(CNC(=O)OC(C)(C)C)C(=O)NO. The van der Waals surface area contributed by atoms with E-state index in [1.807, 2.05) is 0 Å². The Bertz CT molecular complexity index is 235. The lowest BCUT2D eigenvalue weighted by Crippen LogP contribution is -2.38. The summed E-state index contributed by atoms with van der Waals surface area (Å²) in [4.78, 5) is 22.0. The molecule has 1 atom stereocenters. The highest BCUT2D eigenvalue weighted by Crippen LogP contribution is 2.06. The number of hydrogen-bond donors (Lipinski definition) is 3. The van der Waals surface area contributed by atoms with Crippen LogP contribution >= 0.6 is 0 Å². The number of ether oxygens (including phenoxy) is 1. The van der Waals surface area contributed by atoms with Gasteiger partial charge in [-0.05, 0) is 20.8 Å². The lowest BCUT2D eigenvalue weighted by atomic mass is 10.2. The summed E-state index contributed by atoms with van der Waals surface area (Å²) >= 11 is 0. The molecular formula is C9H18N2O4. The van der Waals surface area contributed by atoms with E-state index in [9.17, 15) is 9.59 Å². The maximum Gasteiger partial charge on any atom is 0.407 e. The monoisotopic (exact) mass is 218 g/mol. The van der Waals surface area contributed by atoms with Crippen LogP contribution in [-0.4, -0.2) is 29.4 Å². The van der Waals surface area contributed by atoms with Gasteiger partial charge in [-0.1, -0.05) is 6.92 Å². The average Bonchev–Trinajstić information content (AvgIpc) is 2.10. The molecule has 0 fully saturated rings. The highest BCUT2D eigenvalue weighted by molar-refractivity contribution is 5.78. The van der Waals surface area contributed by atoms with Crippen molar-refractivity contribution in [2.24, 2.45) is 5.92 Å². The number of carbonyl (C=O) groups is 2. The van der Waals surface area contributed by atoms with Crippen LogP contribution in [0.25, 0.3) is 0 Å². The van der Waals surface area contributed by atoms with Crippen LogP contribution in [0.15, 0.2) is 0 Å². The normalized spacial score (nSPS) is 12.9. The fourth-order valence-electron chi connectivity index (χ4n) is 0.753. The van der Waals surface area contributed by atoms with Crippen LogP contribution in [-0.2, 0) is 9.53 Å². The quantitative estimate of drug-likeness (QED) is 0.479. The summed E-state index contributed by atoms with van der Waals surface area (Å²) in [5, 5.41) is 10.7. The van der Waals surface area contributed by atoms with Crippen molar-refractivity contribution in [2.75, 3.05) is 6.54 Å². The molecule has 0 aliphatic carbocycles. The van der Waals surface area contributed by atoms with Crippen molar-refractivity contribution in [1.82, 2.24) is 10.8 Å². The summed E-state index contributed by atoms with van der Waals surface area (Å²) in [6, 6.07) is 0. The Labute approximate surface area is 88.9 Å². The van der Waals surface area contributed by atoms with Crippen molar-refractivity contribution in [3.8, 4) is 0 Å². The molecule has 0 aromatic carbocycles. The summed E-state index contributed by atoms with van der Waals surface area (Å²) in [7, 11) is 0. The van der Waals surface area contributed by atoms with Gasteiger partial charge in [0.1, 0.15) is 5.60 Å². The average molecular weight is 218 g/mol. The first-order chi connectivity index (χ1) is 6.76. The number of carbonyl (C=O) groups excluding carboxylic acids is 2. The smallest absolute Gasteiger partial charge is 0.407 e. The second kappa shape index (κ2) is 5.55. The van der Waals surface area contributed by atoms with Gasteiger partial charge in [-0.2, -0.15) is 0 Å². The number of alkyl carbamates (subject to hydrolysis) is 1. The molecule has 0 aromatic rings. The molecule has 0 rings (SSSR count). The molecule has 0 aromatic heterocycles. The Morgan fingerprint density at radius 1 is 1.40 bits per heavy atom. The fourth-order valence-corrected chi connectivity index (χ4v) is 0.753. The Hall–Kier alpha value is -1.30. The molecule has 88 valence electrons. The maximum absolute atomic E-state index is 11.1. The van der Waals surface area contributed by atoms with Crippen LogP contribution in [0.5, 0.6) is 0 Å². The van der Waals surface area contributed by atoms with Crippen LogP contribution in [0.1, 0.15) is 27.7 Å². The molecule has 0 radical (unpaired) electrons. The molecule has 0 aliphatic heterocycles. The van der Waals surface area contributed by atoms with Crippen molar-refractivity contribution >= 4 is 12.0 Å². The summed E-state index contributed by atoms with van der Waals surface area (Å²) < 4.78 is 4.96. The molecule has 0 heterocycles. The number of amides is 2. The minimum absolute atomic E-state index is 0.112. The van der Waals surface area contributed by atoms with E-state index in [4.69, 9.17) is 9.94 Å². The van der Waals surface area contributed by atoms with Gasteiger partial charge in [0.15, 0.2) is 0 Å². The van der Waals surface area contributed by atoms with Crippen molar-refractivity contribution in [3.05, 3.63) is 0 Å². The van der Waals surface area contributed by atoms with Crippen LogP contribution in [0.3, 0.4) is 0 Å². The molecule has 3 N–H and O–H groups in total. The zero-order chi connectivity index (χ0) is 12.1. The van der Waals surface area contributed by atoms with Gasteiger partial charge in [0.05, 0.1) is 5.92 Å². The van der Waals surface area contributed by atoms with Crippen molar-refractivity contribution in [1.29, 1.82) is 0 Å². The first-order valence-corrected chi connectivity index (χ1v) is 4.67. The third kappa shape index (κ3) is 6.73. The minimum atomic E-state index is -0.583. The van der Waals surface area contributed by atoms with E-state index in [0.29, 0.717) is 0 Å². The zero-order valence-corrected chi connectivity index (χ0v) is 9.46. The maximum atomic E-state index is 11.1. The van der Waals surface area contributed by atoms with Crippen molar-refractivity contribution < 1.29 is 19.5 Å². The second-order valence-electron chi connectivity index (χ2n) is 4.26. The number of rotatable bonds is 3. The van der Waals surface area contributed by atoms with E-state index in [1.165, 1.54) is 5.48 Å². The lowest BCUT2D eigenvalue weighted by molar-refractivity contribution is -0.132. The van der Waals surface area contributed by atoms with Crippen LogP contribution in [0.4, 0.5) is 4.79 Å². The molecular weight excluding hydrogens is 200 g/mol. The number of hydrogen-bond acceptors (Lipinski definition) is 4. The molecule has 1 unspecified atom stereocenters. The van der Waals surface area contributed by atoms with Gasteiger partial charge < -0.3 is 10.1 Å². The van der Waals surface area contributed by atoms with E-state index < -0.39 is 23.5 Å². The molecule has 6 heteroatoms. The topological polar surface area (TPSA) is 87.7 Å². The molecule has 0 spiro atoms. The Morgan fingerprint density at radius 3 is 2.33 bits per heavy atom. The second-order valence-corrected chi connectivity index (χ2v) is 4.26. The van der Waals surface area contributed by atoms with Gasteiger partial charge in [0.25, 0.3) is 0 Å². The number of hydroxylamine groups is 1. The molecule has 0 aliphatic rings. The van der Waals surface area contributed by atoms with E-state index >= 15 is 0 Å². The van der Waals surface area contributed by atoms with Gasteiger partial charge in [0.2, 0.25) is 5.91 Å². The Balaban J connectivity index is 3.86. The highest BCUT2D eigenvalue weighted by Gasteiger charge is 2.18. The predicted octanol–water partition coefficient (Wildman–Crippen LogP) is 0.653. The Morgan fingerprint density at radius 2 is 1.93 bits per heavy atom. The number of nitrogens with one attached hydrogen (secondary N) is 2. The molecule has 2 amide bonds. The zero-order valence-electron chi connectivity index (χ0n) is 9.46. The summed E-state index contributed by atoms with van der Waals surface area (Å²) in [5.74, 6) is -1.06. The van der Waals surface area contributed by atoms with E-state index in [1.54, 1.807) is 27.7 Å². The van der Waals surface area contributed by atoms with Crippen molar-refractivity contribution in [3.63, 3.8) is 0 Å². The van der Waals surface area contributed by atoms with E-state index in [-0.39, 0.29) is 6.54 Å². The molecule has 15 heavy (non-hydrogen) atoms. The van der Waals surface area contributed by atoms with Crippen LogP contribution in [0, 0.1) is 5.92 Å². The standard InChI is InChI=1S/C9H18N2O4/c1-6(7(12)11-14)5-10-8(13)15-9(2,3)4/h6,14H,5H2,1-4H3,(H,10,13)(H,11,12). The molecule has 0 saturated heterocycles. The third-order valence-corrected chi connectivity index (χ3v) is 1.51. The fraction of sp³-hybridized carbons (Fsp3) is 0.778. The van der Waals surface area contributed by atoms with Crippen molar-refractivity contribution in [2.45, 2.75) is 33.3 Å². The van der Waals surface area contributed by atoms with Gasteiger partial charge in [-0.25, -0.2) is 10.3 Å². The van der Waals surface area contributed by atoms with Gasteiger partial charge >= 0.3 is 6.09 Å². The summed E-state index contributed by atoms with van der Waals surface area (Å²) in [6.45, 7) is 6.92. The largest absolute Gasteiger partial charge is 0.444 e. The van der Waals surface area contributed by atoms with E-state index in [0.717, 1.165) is 0 Å². The summed E-state index contributed by atoms with van der Waals surface area (Å²) in [6.07, 6.45) is -0.583. The first-order valence-electron chi connectivity index (χ1n) is 4.67. The summed E-state index contributed by atoms with van der Waals surface area (Å²) in [5.41, 5.74) is 0.943. The predicted molar refractivity (Wildman–Crippen MR) is 53.3 cm³/mol. The van der Waals surface area contributed by atoms with E-state index in [2.05, 4.69) is 5.32 Å².